The Hall–Kier alpha value is -0.780. The molecule has 3 rings (SSSR count). The molecule has 0 aromatic carbocycles. The molecule has 1 saturated heterocycles. The van der Waals surface area contributed by atoms with Crippen LogP contribution in [-0.2, 0) is 10.5 Å². The van der Waals surface area contributed by atoms with E-state index >= 15 is 0 Å². The quantitative estimate of drug-likeness (QED) is 0.787. The van der Waals surface area contributed by atoms with Crippen molar-refractivity contribution in [3.63, 3.8) is 0 Å². The third-order valence-electron chi connectivity index (χ3n) is 2.96. The molecule has 1 unspecified atom stereocenters. The molecule has 5 heteroatoms. The highest BCUT2D eigenvalue weighted by Gasteiger charge is 2.20. The van der Waals surface area contributed by atoms with Crippen LogP contribution in [0.15, 0.2) is 27.0 Å². The van der Waals surface area contributed by atoms with Crippen molar-refractivity contribution in [1.82, 2.24) is 4.98 Å². The minimum Gasteiger partial charge on any atom is -0.468 e. The van der Waals surface area contributed by atoms with Gasteiger partial charge in [0.1, 0.15) is 16.9 Å². The summed E-state index contributed by atoms with van der Waals surface area (Å²) in [6.45, 7) is 2.86. The van der Waals surface area contributed by atoms with E-state index in [2.05, 4.69) is 10.4 Å². The molecule has 0 amide bonds. The summed E-state index contributed by atoms with van der Waals surface area (Å²) in [5.74, 6) is 1.87. The highest BCUT2D eigenvalue weighted by Crippen LogP contribution is 2.32. The van der Waals surface area contributed by atoms with E-state index in [9.17, 15) is 0 Å². The summed E-state index contributed by atoms with van der Waals surface area (Å²) in [5, 5.41) is 3.27. The molecule has 3 nitrogen and oxygen atoms in total. The zero-order chi connectivity index (χ0) is 12.4. The fourth-order valence-corrected chi connectivity index (χ4v) is 3.84. The largest absolute Gasteiger partial charge is 0.468 e. The Morgan fingerprint density at radius 3 is 3.22 bits per heavy atom. The highest BCUT2D eigenvalue weighted by atomic mass is 32.2. The van der Waals surface area contributed by atoms with Crippen molar-refractivity contribution in [2.24, 2.45) is 0 Å². The number of nitrogens with zero attached hydrogens (tertiary/aromatic N) is 1. The molecule has 0 radical (unpaired) electrons. The van der Waals surface area contributed by atoms with Gasteiger partial charge in [-0.1, -0.05) is 0 Å². The second-order valence-electron chi connectivity index (χ2n) is 4.31. The lowest BCUT2D eigenvalue weighted by molar-refractivity contribution is 0.111. The number of furan rings is 1. The van der Waals surface area contributed by atoms with Crippen LogP contribution in [0.2, 0.25) is 0 Å². The molecule has 2 aromatic rings. The molecule has 0 N–H and O–H groups in total. The van der Waals surface area contributed by atoms with Crippen molar-refractivity contribution >= 4 is 23.1 Å². The average Bonchev–Trinajstić information content (AvgIpc) is 3.08. The first-order valence-corrected chi connectivity index (χ1v) is 7.92. The van der Waals surface area contributed by atoms with Crippen LogP contribution in [0.1, 0.15) is 35.4 Å². The zero-order valence-electron chi connectivity index (χ0n) is 10.2. The third-order valence-corrected chi connectivity index (χ3v) is 5.12. The van der Waals surface area contributed by atoms with Crippen molar-refractivity contribution in [3.8, 4) is 0 Å². The average molecular weight is 281 g/mol. The number of aromatic nitrogens is 1. The van der Waals surface area contributed by atoms with Crippen LogP contribution in [0.3, 0.4) is 0 Å². The lowest BCUT2D eigenvalue weighted by Crippen LogP contribution is -1.95. The Balaban J connectivity index is 1.61. The van der Waals surface area contributed by atoms with Crippen LogP contribution in [-0.4, -0.2) is 11.6 Å². The van der Waals surface area contributed by atoms with E-state index in [0.717, 1.165) is 41.7 Å². The van der Waals surface area contributed by atoms with Gasteiger partial charge in [0.05, 0.1) is 12.0 Å². The lowest BCUT2D eigenvalue weighted by atomic mass is 10.2. The molecule has 0 bridgehead atoms. The molecule has 0 aliphatic carbocycles. The minimum absolute atomic E-state index is 0.240. The first-order valence-electron chi connectivity index (χ1n) is 6.06. The number of ether oxygens (including phenoxy) is 1. The van der Waals surface area contributed by atoms with E-state index in [4.69, 9.17) is 9.15 Å². The van der Waals surface area contributed by atoms with Gasteiger partial charge in [-0.2, -0.15) is 0 Å². The first-order chi connectivity index (χ1) is 8.83. The summed E-state index contributed by atoms with van der Waals surface area (Å²) >= 11 is 3.49. The normalized spacial score (nSPS) is 19.5. The Kier molecular flexibility index (Phi) is 3.72. The van der Waals surface area contributed by atoms with Crippen LogP contribution < -0.4 is 0 Å². The van der Waals surface area contributed by atoms with Crippen molar-refractivity contribution in [2.75, 3.05) is 6.61 Å². The van der Waals surface area contributed by atoms with Gasteiger partial charge in [0.25, 0.3) is 0 Å². The molecule has 2 aromatic heterocycles. The minimum atomic E-state index is 0.240. The molecule has 1 aliphatic rings. The number of hydrogen-bond acceptors (Lipinski definition) is 5. The van der Waals surface area contributed by atoms with E-state index < -0.39 is 0 Å². The Bertz CT molecular complexity index is 515. The molecular weight excluding hydrogens is 266 g/mol. The van der Waals surface area contributed by atoms with Gasteiger partial charge in [0.15, 0.2) is 0 Å². The monoisotopic (exact) mass is 281 g/mol. The summed E-state index contributed by atoms with van der Waals surface area (Å²) in [4.78, 5) is 5.86. The van der Waals surface area contributed by atoms with E-state index in [1.165, 1.54) is 4.90 Å². The summed E-state index contributed by atoms with van der Waals surface area (Å²) < 4.78 is 10.9. The first kappa shape index (κ1) is 12.3. The van der Waals surface area contributed by atoms with Crippen LogP contribution >= 0.6 is 23.1 Å². The molecule has 1 aliphatic heterocycles. The van der Waals surface area contributed by atoms with E-state index in [1.54, 1.807) is 29.4 Å². The van der Waals surface area contributed by atoms with Crippen molar-refractivity contribution in [3.05, 3.63) is 34.2 Å². The zero-order valence-corrected chi connectivity index (χ0v) is 11.9. The molecule has 18 heavy (non-hydrogen) atoms. The van der Waals surface area contributed by atoms with E-state index in [-0.39, 0.29) is 6.10 Å². The maximum atomic E-state index is 5.65. The fourth-order valence-electron chi connectivity index (χ4n) is 1.98. The Morgan fingerprint density at radius 2 is 2.50 bits per heavy atom. The topological polar surface area (TPSA) is 35.3 Å². The van der Waals surface area contributed by atoms with Crippen molar-refractivity contribution < 1.29 is 9.15 Å². The summed E-state index contributed by atoms with van der Waals surface area (Å²) in [7, 11) is 0. The molecule has 0 saturated carbocycles. The number of thiazole rings is 1. The summed E-state index contributed by atoms with van der Waals surface area (Å²) in [6.07, 6.45) is 4.24. The van der Waals surface area contributed by atoms with Crippen LogP contribution in [0.4, 0.5) is 0 Å². The Morgan fingerprint density at radius 1 is 1.56 bits per heavy atom. The van der Waals surface area contributed by atoms with Gasteiger partial charge in [-0.05, 0) is 25.8 Å². The summed E-state index contributed by atoms with van der Waals surface area (Å²) in [5.41, 5.74) is 1.14. The molecule has 96 valence electrons. The molecule has 1 atom stereocenters. The van der Waals surface area contributed by atoms with E-state index in [0.29, 0.717) is 0 Å². The second-order valence-corrected chi connectivity index (χ2v) is 6.22. The molecule has 1 fully saturated rings. The molecular formula is C13H15NO2S2. The van der Waals surface area contributed by atoms with Crippen LogP contribution in [0.5, 0.6) is 0 Å². The predicted molar refractivity (Wildman–Crippen MR) is 73.0 cm³/mol. The maximum absolute atomic E-state index is 5.65. The standard InChI is InChI=1S/C13H15NO2S2/c1-9-12(4-6-15-9)17-7-10-8-18-13(14-10)11-3-2-5-16-11/h4,6,8,11H,2-3,5,7H2,1H3. The van der Waals surface area contributed by atoms with Gasteiger partial charge in [0.2, 0.25) is 0 Å². The predicted octanol–water partition coefficient (Wildman–Crippen LogP) is 4.19. The second kappa shape index (κ2) is 5.47. The number of aryl methyl sites for hydroxylation is 1. The van der Waals surface area contributed by atoms with Gasteiger partial charge in [-0.3, -0.25) is 0 Å². The maximum Gasteiger partial charge on any atom is 0.122 e. The summed E-state index contributed by atoms with van der Waals surface area (Å²) in [6, 6.07) is 2.01. The number of hydrogen-bond donors (Lipinski definition) is 0. The molecule has 0 spiro atoms. The SMILES string of the molecule is Cc1occc1SCc1csc(C2CCCO2)n1. The van der Waals surface area contributed by atoms with Crippen LogP contribution in [0.25, 0.3) is 0 Å². The van der Waals surface area contributed by atoms with Crippen molar-refractivity contribution in [2.45, 2.75) is 36.5 Å². The van der Waals surface area contributed by atoms with E-state index in [1.807, 2.05) is 13.0 Å². The van der Waals surface area contributed by atoms with Crippen molar-refractivity contribution in [1.29, 1.82) is 0 Å². The van der Waals surface area contributed by atoms with Gasteiger partial charge in [-0.25, -0.2) is 4.98 Å². The van der Waals surface area contributed by atoms with Gasteiger partial charge < -0.3 is 9.15 Å². The van der Waals surface area contributed by atoms with Gasteiger partial charge in [0, 0.05) is 22.6 Å². The van der Waals surface area contributed by atoms with Gasteiger partial charge in [-0.15, -0.1) is 23.1 Å². The lowest BCUT2D eigenvalue weighted by Gasteiger charge is -2.03. The third kappa shape index (κ3) is 2.63. The smallest absolute Gasteiger partial charge is 0.122 e. The van der Waals surface area contributed by atoms with Crippen LogP contribution in [0, 0.1) is 6.92 Å². The molecule has 3 heterocycles. The Labute approximate surface area is 115 Å². The fraction of sp³-hybridized carbons (Fsp3) is 0.462. The van der Waals surface area contributed by atoms with Gasteiger partial charge >= 0.3 is 0 Å². The highest BCUT2D eigenvalue weighted by molar-refractivity contribution is 7.98. The number of rotatable bonds is 4. The number of thioether (sulfide) groups is 1.